The van der Waals surface area contributed by atoms with Crippen molar-refractivity contribution in [3.05, 3.63) is 23.3 Å². The maximum absolute atomic E-state index is 14.3. The van der Waals surface area contributed by atoms with Crippen molar-refractivity contribution in [3.8, 4) is 11.5 Å². The van der Waals surface area contributed by atoms with Crippen LogP contribution in [0.25, 0.3) is 0 Å². The van der Waals surface area contributed by atoms with Crippen LogP contribution in [0.2, 0.25) is 0 Å². The lowest BCUT2D eigenvalue weighted by atomic mass is 9.87. The van der Waals surface area contributed by atoms with Crippen LogP contribution in [0, 0.1) is 17.8 Å². The van der Waals surface area contributed by atoms with Crippen LogP contribution in [-0.2, 0) is 32.0 Å². The van der Waals surface area contributed by atoms with Gasteiger partial charge in [-0.15, -0.1) is 0 Å². The summed E-state index contributed by atoms with van der Waals surface area (Å²) >= 11 is 0. The number of nitrogens with zero attached hydrogens (tertiary/aromatic N) is 2. The number of methoxy groups -OCH3 is 1. The molecule has 0 radical (unpaired) electrons. The predicted molar refractivity (Wildman–Crippen MR) is 169 cm³/mol. The summed E-state index contributed by atoms with van der Waals surface area (Å²) < 4.78 is 22.8. The Labute approximate surface area is 267 Å². The first kappa shape index (κ1) is 34.8. The molecule has 0 aromatic heterocycles. The Morgan fingerprint density at radius 3 is 2.51 bits per heavy atom. The number of likely N-dealkylation sites (tertiary alicyclic amines) is 1. The highest BCUT2D eigenvalue weighted by Gasteiger charge is 2.43. The van der Waals surface area contributed by atoms with E-state index in [2.05, 4.69) is 5.32 Å². The number of hydrogen-bond acceptors (Lipinski definition) is 8. The fourth-order valence-electron chi connectivity index (χ4n) is 6.13. The van der Waals surface area contributed by atoms with Gasteiger partial charge in [0.2, 0.25) is 11.8 Å². The molecule has 252 valence electrons. The monoisotopic (exact) mass is 631 g/mol. The van der Waals surface area contributed by atoms with Gasteiger partial charge in [-0.2, -0.15) is 0 Å². The van der Waals surface area contributed by atoms with Crippen LogP contribution in [0.5, 0.6) is 11.5 Å². The highest BCUT2D eigenvalue weighted by atomic mass is 16.6. The maximum atomic E-state index is 14.3. The lowest BCUT2D eigenvalue weighted by molar-refractivity contribution is -0.140. The molecular formula is C34H53N3O8. The number of nitrogens with one attached hydrogen (secondary N) is 1. The first-order chi connectivity index (χ1) is 21.4. The quantitative estimate of drug-likeness (QED) is 0.296. The number of piperidine rings is 1. The number of rotatable bonds is 14. The van der Waals surface area contributed by atoms with E-state index in [4.69, 9.17) is 18.9 Å². The summed E-state index contributed by atoms with van der Waals surface area (Å²) in [6.07, 6.45) is 3.77. The van der Waals surface area contributed by atoms with Gasteiger partial charge < -0.3 is 39.2 Å². The zero-order valence-corrected chi connectivity index (χ0v) is 27.9. The van der Waals surface area contributed by atoms with Crippen LogP contribution in [-0.4, -0.2) is 97.1 Å². The van der Waals surface area contributed by atoms with E-state index in [1.807, 2.05) is 30.9 Å². The summed E-state index contributed by atoms with van der Waals surface area (Å²) in [5.41, 5.74) is 1.25. The zero-order chi connectivity index (χ0) is 32.7. The molecule has 1 aliphatic carbocycles. The molecule has 1 unspecified atom stereocenters. The first-order valence-corrected chi connectivity index (χ1v) is 16.5. The third kappa shape index (κ3) is 9.97. The highest BCUT2D eigenvalue weighted by Crippen LogP contribution is 2.38. The van der Waals surface area contributed by atoms with Crippen LogP contribution in [0.15, 0.2) is 12.1 Å². The van der Waals surface area contributed by atoms with Gasteiger partial charge in [-0.1, -0.05) is 13.8 Å². The third-order valence-electron chi connectivity index (χ3n) is 8.36. The standard InChI is InChI=1S/C34H53N3O8/c1-22(2)14-26(21-38)35-31(39)24-17-25(20-36(19-24)33(41)45-34(3,4)5)32(40)37(27-8-9-27)18-23-15-29(43-12-7-11-42-6)28-10-13-44-30(28)16-23/h15-16,22,24-27,38H,7-14,17-21H2,1-6H3,(H,35,39)/t24-,25+,26?/m0/s1. The topological polar surface area (TPSA) is 127 Å². The van der Waals surface area contributed by atoms with Crippen molar-refractivity contribution in [2.75, 3.05) is 46.6 Å². The molecule has 3 aliphatic rings. The van der Waals surface area contributed by atoms with Crippen molar-refractivity contribution < 1.29 is 38.4 Å². The molecule has 1 aromatic rings. The normalized spacial score (nSPS) is 20.3. The molecule has 3 atom stereocenters. The first-order valence-electron chi connectivity index (χ1n) is 16.5. The molecule has 1 aromatic carbocycles. The number of aliphatic hydroxyl groups excluding tert-OH is 1. The van der Waals surface area contributed by atoms with Crippen LogP contribution >= 0.6 is 0 Å². The Morgan fingerprint density at radius 1 is 1.13 bits per heavy atom. The highest BCUT2D eigenvalue weighted by molar-refractivity contribution is 5.84. The number of ether oxygens (including phenoxy) is 4. The largest absolute Gasteiger partial charge is 0.493 e. The molecule has 3 amide bonds. The van der Waals surface area contributed by atoms with E-state index in [-0.39, 0.29) is 49.5 Å². The number of amides is 3. The molecule has 4 rings (SSSR count). The van der Waals surface area contributed by atoms with Gasteiger partial charge in [-0.25, -0.2) is 4.79 Å². The van der Waals surface area contributed by atoms with Crippen LogP contribution in [0.4, 0.5) is 4.79 Å². The van der Waals surface area contributed by atoms with Gasteiger partial charge >= 0.3 is 6.09 Å². The molecule has 45 heavy (non-hydrogen) atoms. The molecular weight excluding hydrogens is 578 g/mol. The van der Waals surface area contributed by atoms with Gasteiger partial charge in [0.05, 0.1) is 37.7 Å². The van der Waals surface area contributed by atoms with Crippen molar-refractivity contribution >= 4 is 17.9 Å². The second-order valence-electron chi connectivity index (χ2n) is 14.1. The Hall–Kier alpha value is -3.05. The zero-order valence-electron chi connectivity index (χ0n) is 27.9. The maximum Gasteiger partial charge on any atom is 0.410 e. The van der Waals surface area contributed by atoms with E-state index in [1.54, 1.807) is 27.9 Å². The average Bonchev–Trinajstić information content (AvgIpc) is 3.71. The Bertz CT molecular complexity index is 1180. The minimum atomic E-state index is -0.718. The van der Waals surface area contributed by atoms with E-state index in [0.29, 0.717) is 39.2 Å². The third-order valence-corrected chi connectivity index (χ3v) is 8.36. The van der Waals surface area contributed by atoms with Crippen LogP contribution < -0.4 is 14.8 Å². The van der Waals surface area contributed by atoms with Gasteiger partial charge in [0.15, 0.2) is 0 Å². The summed E-state index contributed by atoms with van der Waals surface area (Å²) in [6, 6.07) is 3.73. The Kier molecular flexibility index (Phi) is 12.0. The summed E-state index contributed by atoms with van der Waals surface area (Å²) in [5, 5.41) is 12.8. The minimum absolute atomic E-state index is 0.0755. The van der Waals surface area contributed by atoms with Crippen molar-refractivity contribution in [1.82, 2.24) is 15.1 Å². The minimum Gasteiger partial charge on any atom is -0.493 e. The molecule has 0 bridgehead atoms. The van der Waals surface area contributed by atoms with Crippen LogP contribution in [0.1, 0.15) is 77.8 Å². The predicted octanol–water partition coefficient (Wildman–Crippen LogP) is 3.92. The van der Waals surface area contributed by atoms with Gasteiger partial charge in [0.1, 0.15) is 17.1 Å². The molecule has 11 nitrogen and oxygen atoms in total. The number of fused-ring (bicyclic) bond motifs is 1. The average molecular weight is 632 g/mol. The molecule has 2 heterocycles. The molecule has 11 heteroatoms. The van der Waals surface area contributed by atoms with Gasteiger partial charge in [0, 0.05) is 57.8 Å². The van der Waals surface area contributed by atoms with Gasteiger partial charge in [-0.3, -0.25) is 9.59 Å². The lowest BCUT2D eigenvalue weighted by Gasteiger charge is -2.39. The summed E-state index contributed by atoms with van der Waals surface area (Å²) in [4.78, 5) is 44.4. The molecule has 2 N–H and O–H groups in total. The molecule has 1 saturated carbocycles. The van der Waals surface area contributed by atoms with E-state index in [0.717, 1.165) is 48.3 Å². The van der Waals surface area contributed by atoms with Crippen LogP contribution in [0.3, 0.4) is 0 Å². The SMILES string of the molecule is COCCCOc1cc(CN(C(=O)[C@@H]2C[C@H](C(=O)NC(CO)CC(C)C)CN(C(=O)OC(C)(C)C)C2)C2CC2)cc2c1CCO2. The second-order valence-corrected chi connectivity index (χ2v) is 14.1. The smallest absolute Gasteiger partial charge is 0.410 e. The number of benzene rings is 1. The van der Waals surface area contributed by atoms with E-state index in [1.165, 1.54) is 4.90 Å². The van der Waals surface area contributed by atoms with Gasteiger partial charge in [-0.05, 0) is 70.1 Å². The van der Waals surface area contributed by atoms with Gasteiger partial charge in [0.25, 0.3) is 0 Å². The van der Waals surface area contributed by atoms with Crippen molar-refractivity contribution in [3.63, 3.8) is 0 Å². The number of aliphatic hydroxyl groups is 1. The fraction of sp³-hybridized carbons (Fsp3) is 0.735. The molecule has 0 spiro atoms. The summed E-state index contributed by atoms with van der Waals surface area (Å²) in [6.45, 7) is 11.7. The molecule has 1 saturated heterocycles. The van der Waals surface area contributed by atoms with Crippen molar-refractivity contribution in [2.24, 2.45) is 17.8 Å². The van der Waals surface area contributed by atoms with E-state index < -0.39 is 23.5 Å². The number of carbonyl (C=O) groups is 3. The van der Waals surface area contributed by atoms with Crippen molar-refractivity contribution in [2.45, 2.75) is 97.4 Å². The Balaban J connectivity index is 1.54. The molecule has 2 fully saturated rings. The summed E-state index contributed by atoms with van der Waals surface area (Å²) in [5.74, 6) is 0.346. The summed E-state index contributed by atoms with van der Waals surface area (Å²) in [7, 11) is 1.67. The second kappa shape index (κ2) is 15.5. The number of hydrogen-bond donors (Lipinski definition) is 2. The lowest BCUT2D eigenvalue weighted by Crippen LogP contribution is -2.54. The number of carbonyl (C=O) groups excluding carboxylic acids is 3. The Morgan fingerprint density at radius 2 is 1.87 bits per heavy atom. The molecule has 2 aliphatic heterocycles. The fourth-order valence-corrected chi connectivity index (χ4v) is 6.13. The van der Waals surface area contributed by atoms with Crippen molar-refractivity contribution in [1.29, 1.82) is 0 Å². The van der Waals surface area contributed by atoms with E-state index >= 15 is 0 Å². The van der Waals surface area contributed by atoms with E-state index in [9.17, 15) is 19.5 Å².